The van der Waals surface area contributed by atoms with Gasteiger partial charge >= 0.3 is 11.9 Å². The molecule has 0 rings (SSSR count). The molecule has 0 aliphatic heterocycles. The van der Waals surface area contributed by atoms with E-state index in [1.165, 1.54) is 154 Å². The van der Waals surface area contributed by atoms with Crippen LogP contribution < -0.4 is 0 Å². The van der Waals surface area contributed by atoms with Crippen molar-refractivity contribution in [2.45, 2.75) is 258 Å². The van der Waals surface area contributed by atoms with Crippen LogP contribution in [0.25, 0.3) is 0 Å². The number of ether oxygens (including phenoxy) is 3. The fraction of sp³-hybridized carbons (Fsp3) is 0.811. The number of hydrogen-bond donors (Lipinski definition) is 0. The molecule has 0 saturated carbocycles. The molecular formula is C53H96O5. The van der Waals surface area contributed by atoms with Gasteiger partial charge in [0.1, 0.15) is 6.61 Å². The number of carbonyl (C=O) groups is 2. The number of esters is 2. The highest BCUT2D eigenvalue weighted by molar-refractivity contribution is 5.70. The molecule has 338 valence electrons. The summed E-state index contributed by atoms with van der Waals surface area (Å²) in [5.41, 5.74) is 0. The van der Waals surface area contributed by atoms with E-state index in [0.717, 1.165) is 64.2 Å². The summed E-state index contributed by atoms with van der Waals surface area (Å²) in [6, 6.07) is 0. The van der Waals surface area contributed by atoms with Crippen molar-refractivity contribution in [3.05, 3.63) is 48.6 Å². The maximum Gasteiger partial charge on any atom is 0.306 e. The van der Waals surface area contributed by atoms with Gasteiger partial charge in [0, 0.05) is 19.4 Å². The summed E-state index contributed by atoms with van der Waals surface area (Å²) in [7, 11) is 0. The maximum atomic E-state index is 12.7. The monoisotopic (exact) mass is 813 g/mol. The molecule has 0 aromatic carbocycles. The summed E-state index contributed by atoms with van der Waals surface area (Å²) in [5.74, 6) is -0.412. The van der Waals surface area contributed by atoms with Crippen LogP contribution in [0.2, 0.25) is 0 Å². The predicted octanol–water partition coefficient (Wildman–Crippen LogP) is 16.8. The van der Waals surface area contributed by atoms with Gasteiger partial charge in [-0.2, -0.15) is 0 Å². The van der Waals surface area contributed by atoms with Gasteiger partial charge in [0.15, 0.2) is 6.10 Å². The maximum absolute atomic E-state index is 12.7. The number of carbonyl (C=O) groups excluding carboxylic acids is 2. The molecule has 0 saturated heterocycles. The minimum Gasteiger partial charge on any atom is -0.462 e. The average molecular weight is 813 g/mol. The van der Waals surface area contributed by atoms with Crippen molar-refractivity contribution in [1.29, 1.82) is 0 Å². The SMILES string of the molecule is CCCCC/C=C\C/C=C\C/C=C\CCCCCCCCCOCC(COC(=O)CCCCCCC/C=C\CCCCCCCC)OC(=O)CCCCCCCCC. The van der Waals surface area contributed by atoms with Crippen molar-refractivity contribution in [2.24, 2.45) is 0 Å². The molecule has 0 N–H and O–H groups in total. The molecule has 5 heteroatoms. The third-order valence-electron chi connectivity index (χ3n) is 10.8. The van der Waals surface area contributed by atoms with Gasteiger partial charge in [0.05, 0.1) is 6.61 Å². The number of hydrogen-bond acceptors (Lipinski definition) is 5. The Morgan fingerprint density at radius 3 is 1.21 bits per heavy atom. The van der Waals surface area contributed by atoms with Gasteiger partial charge in [-0.25, -0.2) is 0 Å². The highest BCUT2D eigenvalue weighted by Gasteiger charge is 2.17. The standard InChI is InChI=1S/C53H96O5/c1-4-7-10-13-16-18-20-22-24-25-26-27-28-30-32-34-36-39-42-45-48-56-49-51(58-53(55)47-44-41-37-15-12-9-6-3)50-57-52(54)46-43-40-38-35-33-31-29-23-21-19-17-14-11-8-5-2/h16,18,22-24,26-27,29,51H,4-15,17,19-21,25,28,30-50H2,1-3H3/b18-16-,24-22-,27-26-,29-23-. The molecule has 0 heterocycles. The van der Waals surface area contributed by atoms with Gasteiger partial charge in [-0.05, 0) is 83.5 Å². The third kappa shape index (κ3) is 46.5. The minimum atomic E-state index is -0.539. The molecule has 1 atom stereocenters. The lowest BCUT2D eigenvalue weighted by atomic mass is 10.1. The van der Waals surface area contributed by atoms with Gasteiger partial charge in [-0.15, -0.1) is 0 Å². The lowest BCUT2D eigenvalue weighted by Gasteiger charge is -2.18. The van der Waals surface area contributed by atoms with Gasteiger partial charge in [0.25, 0.3) is 0 Å². The van der Waals surface area contributed by atoms with E-state index in [1.54, 1.807) is 0 Å². The van der Waals surface area contributed by atoms with Crippen molar-refractivity contribution in [1.82, 2.24) is 0 Å². The van der Waals surface area contributed by atoms with Crippen LogP contribution in [0.15, 0.2) is 48.6 Å². The van der Waals surface area contributed by atoms with E-state index in [0.29, 0.717) is 19.4 Å². The smallest absolute Gasteiger partial charge is 0.306 e. The summed E-state index contributed by atoms with van der Waals surface area (Å²) in [6.07, 6.45) is 59.8. The summed E-state index contributed by atoms with van der Waals surface area (Å²) in [4.78, 5) is 25.2. The summed E-state index contributed by atoms with van der Waals surface area (Å²) in [6.45, 7) is 7.75. The first kappa shape index (κ1) is 55.9. The highest BCUT2D eigenvalue weighted by Crippen LogP contribution is 2.14. The Balaban J connectivity index is 4.13. The zero-order valence-electron chi connectivity index (χ0n) is 38.8. The molecule has 0 fully saturated rings. The van der Waals surface area contributed by atoms with Crippen molar-refractivity contribution in [3.8, 4) is 0 Å². The molecular weight excluding hydrogens is 717 g/mol. The molecule has 0 spiro atoms. The topological polar surface area (TPSA) is 61.8 Å². The normalized spacial score (nSPS) is 12.5. The van der Waals surface area contributed by atoms with Crippen LogP contribution in [-0.4, -0.2) is 37.9 Å². The Bertz CT molecular complexity index is 966. The van der Waals surface area contributed by atoms with Crippen molar-refractivity contribution in [3.63, 3.8) is 0 Å². The largest absolute Gasteiger partial charge is 0.462 e. The number of rotatable bonds is 46. The van der Waals surface area contributed by atoms with Crippen LogP contribution in [0.5, 0.6) is 0 Å². The second-order valence-electron chi connectivity index (χ2n) is 16.7. The van der Waals surface area contributed by atoms with Crippen LogP contribution in [0.3, 0.4) is 0 Å². The van der Waals surface area contributed by atoms with Gasteiger partial charge in [-0.1, -0.05) is 204 Å². The molecule has 0 aromatic heterocycles. The molecule has 5 nitrogen and oxygen atoms in total. The summed E-state index contributed by atoms with van der Waals surface area (Å²) in [5, 5.41) is 0. The molecule has 0 aromatic rings. The molecule has 0 bridgehead atoms. The minimum absolute atomic E-state index is 0.0788. The van der Waals surface area contributed by atoms with E-state index in [9.17, 15) is 9.59 Å². The first-order valence-corrected chi connectivity index (χ1v) is 25.2. The van der Waals surface area contributed by atoms with Gasteiger partial charge in [-0.3, -0.25) is 9.59 Å². The van der Waals surface area contributed by atoms with Crippen LogP contribution in [-0.2, 0) is 23.8 Å². The number of allylic oxidation sites excluding steroid dienone is 8. The van der Waals surface area contributed by atoms with E-state index in [1.807, 2.05) is 0 Å². The molecule has 0 amide bonds. The highest BCUT2D eigenvalue weighted by atomic mass is 16.6. The van der Waals surface area contributed by atoms with Crippen LogP contribution in [0, 0.1) is 0 Å². The lowest BCUT2D eigenvalue weighted by molar-refractivity contribution is -0.163. The quantitative estimate of drug-likeness (QED) is 0.0348. The second kappa shape index (κ2) is 49.2. The van der Waals surface area contributed by atoms with Crippen molar-refractivity contribution >= 4 is 11.9 Å². The van der Waals surface area contributed by atoms with E-state index in [2.05, 4.69) is 69.4 Å². The zero-order valence-corrected chi connectivity index (χ0v) is 38.8. The molecule has 0 aliphatic rings. The Labute approximate surface area is 361 Å². The Kier molecular flexibility index (Phi) is 47.4. The Morgan fingerprint density at radius 2 is 0.724 bits per heavy atom. The lowest BCUT2D eigenvalue weighted by Crippen LogP contribution is -2.30. The fourth-order valence-electron chi connectivity index (χ4n) is 7.04. The molecule has 0 aliphatic carbocycles. The predicted molar refractivity (Wildman–Crippen MR) is 251 cm³/mol. The van der Waals surface area contributed by atoms with Crippen LogP contribution >= 0.6 is 0 Å². The molecule has 0 radical (unpaired) electrons. The summed E-state index contributed by atoms with van der Waals surface area (Å²) < 4.78 is 17.3. The van der Waals surface area contributed by atoms with Gasteiger partial charge < -0.3 is 14.2 Å². The van der Waals surface area contributed by atoms with E-state index in [4.69, 9.17) is 14.2 Å². The van der Waals surface area contributed by atoms with E-state index in [-0.39, 0.29) is 25.2 Å². The first-order chi connectivity index (χ1) is 28.6. The fourth-order valence-corrected chi connectivity index (χ4v) is 7.04. The summed E-state index contributed by atoms with van der Waals surface area (Å²) >= 11 is 0. The van der Waals surface area contributed by atoms with E-state index >= 15 is 0 Å². The van der Waals surface area contributed by atoms with Gasteiger partial charge in [0.2, 0.25) is 0 Å². The Hall–Kier alpha value is -2.14. The molecule has 58 heavy (non-hydrogen) atoms. The zero-order chi connectivity index (χ0) is 42.1. The first-order valence-electron chi connectivity index (χ1n) is 25.2. The Morgan fingerprint density at radius 1 is 0.379 bits per heavy atom. The van der Waals surface area contributed by atoms with Crippen molar-refractivity contribution < 1.29 is 23.8 Å². The van der Waals surface area contributed by atoms with Crippen LogP contribution in [0.1, 0.15) is 252 Å². The van der Waals surface area contributed by atoms with E-state index < -0.39 is 6.10 Å². The number of unbranched alkanes of at least 4 members (excludes halogenated alkanes) is 27. The molecule has 1 unspecified atom stereocenters. The van der Waals surface area contributed by atoms with Crippen LogP contribution in [0.4, 0.5) is 0 Å². The third-order valence-corrected chi connectivity index (χ3v) is 10.8. The second-order valence-corrected chi connectivity index (χ2v) is 16.7. The van der Waals surface area contributed by atoms with Crippen molar-refractivity contribution in [2.75, 3.05) is 19.8 Å². The average Bonchev–Trinajstić information content (AvgIpc) is 3.22.